The van der Waals surface area contributed by atoms with Crippen LogP contribution >= 0.6 is 11.3 Å². The number of aromatic nitrogens is 2. The van der Waals surface area contributed by atoms with E-state index in [0.29, 0.717) is 36.5 Å². The summed E-state index contributed by atoms with van der Waals surface area (Å²) < 4.78 is 18.5. The molecule has 0 aliphatic rings. The molecule has 9 heteroatoms. The Hall–Kier alpha value is -1.52. The molecule has 8 nitrogen and oxygen atoms in total. The summed E-state index contributed by atoms with van der Waals surface area (Å²) in [6.45, 7) is 7.50. The summed E-state index contributed by atoms with van der Waals surface area (Å²) in [6.07, 6.45) is -0.335. The zero-order valence-electron chi connectivity index (χ0n) is 16.8. The minimum atomic E-state index is -0.335. The molecular formula is C18H29N3O5S. The first-order chi connectivity index (χ1) is 12.9. The van der Waals surface area contributed by atoms with Crippen LogP contribution in [-0.4, -0.2) is 49.9 Å². The zero-order chi connectivity index (χ0) is 20.1. The number of ether oxygens (including phenoxy) is 3. The Kier molecular flexibility index (Phi) is 7.75. The molecule has 0 aliphatic carbocycles. The second-order valence-electron chi connectivity index (χ2n) is 6.56. The van der Waals surface area contributed by atoms with Crippen LogP contribution in [0.3, 0.4) is 0 Å². The van der Waals surface area contributed by atoms with Crippen molar-refractivity contribution < 1.29 is 14.2 Å². The van der Waals surface area contributed by atoms with Crippen molar-refractivity contribution in [3.05, 3.63) is 31.3 Å². The van der Waals surface area contributed by atoms with Crippen molar-refractivity contribution in [3.63, 3.8) is 0 Å². The van der Waals surface area contributed by atoms with Gasteiger partial charge in [0.05, 0.1) is 18.5 Å². The predicted octanol–water partition coefficient (Wildman–Crippen LogP) is 1.47. The molecule has 0 aliphatic heterocycles. The van der Waals surface area contributed by atoms with Gasteiger partial charge in [-0.3, -0.25) is 13.9 Å². The van der Waals surface area contributed by atoms with E-state index in [2.05, 4.69) is 5.32 Å². The Morgan fingerprint density at radius 2 is 1.81 bits per heavy atom. The van der Waals surface area contributed by atoms with Gasteiger partial charge in [0.2, 0.25) is 0 Å². The van der Waals surface area contributed by atoms with Gasteiger partial charge in [-0.15, -0.1) is 11.3 Å². The summed E-state index contributed by atoms with van der Waals surface area (Å²) in [5, 5.41) is 3.89. The van der Waals surface area contributed by atoms with Crippen molar-refractivity contribution in [2.75, 3.05) is 34.5 Å². The number of aryl methyl sites for hydroxylation is 1. The van der Waals surface area contributed by atoms with Crippen LogP contribution in [0, 0.1) is 6.92 Å². The van der Waals surface area contributed by atoms with E-state index >= 15 is 0 Å². The number of nitrogens with one attached hydrogen (secondary N) is 1. The molecule has 0 spiro atoms. The number of hydrogen-bond donors (Lipinski definition) is 1. The fourth-order valence-electron chi connectivity index (χ4n) is 2.98. The van der Waals surface area contributed by atoms with Gasteiger partial charge in [-0.1, -0.05) is 0 Å². The summed E-state index contributed by atoms with van der Waals surface area (Å²) in [7, 11) is 4.77. The molecular weight excluding hydrogens is 370 g/mol. The zero-order valence-corrected chi connectivity index (χ0v) is 17.6. The van der Waals surface area contributed by atoms with Crippen LogP contribution in [0.2, 0.25) is 0 Å². The molecule has 0 unspecified atom stereocenters. The maximum absolute atomic E-state index is 13.0. The Bertz CT molecular complexity index is 880. The van der Waals surface area contributed by atoms with Crippen molar-refractivity contribution in [2.24, 2.45) is 0 Å². The molecule has 0 amide bonds. The lowest BCUT2D eigenvalue weighted by molar-refractivity contribution is -0.0988. The first-order valence-corrected chi connectivity index (χ1v) is 9.71. The lowest BCUT2D eigenvalue weighted by Gasteiger charge is -2.14. The fraction of sp³-hybridized carbons (Fsp3) is 0.667. The van der Waals surface area contributed by atoms with E-state index in [1.54, 1.807) is 25.9 Å². The van der Waals surface area contributed by atoms with Crippen molar-refractivity contribution in [1.82, 2.24) is 14.5 Å². The number of fused-ring (bicyclic) bond motifs is 1. The minimum absolute atomic E-state index is 0.215. The van der Waals surface area contributed by atoms with Gasteiger partial charge in [-0.25, -0.2) is 4.79 Å². The van der Waals surface area contributed by atoms with Gasteiger partial charge in [0.15, 0.2) is 6.29 Å². The van der Waals surface area contributed by atoms with Gasteiger partial charge in [0.1, 0.15) is 4.83 Å². The highest BCUT2D eigenvalue weighted by atomic mass is 32.1. The third-order valence-corrected chi connectivity index (χ3v) is 5.81. The van der Waals surface area contributed by atoms with Crippen LogP contribution < -0.4 is 16.6 Å². The van der Waals surface area contributed by atoms with Crippen LogP contribution in [-0.2, 0) is 27.3 Å². The molecule has 0 radical (unpaired) electrons. The van der Waals surface area contributed by atoms with E-state index < -0.39 is 0 Å². The lowest BCUT2D eigenvalue weighted by Crippen LogP contribution is -2.41. The SMILES string of the molecule is COCCn1c(=O)n(C(C)C)c(=O)c2c(C)c(CNCC(OC)OC)sc21. The Balaban J connectivity index is 2.51. The summed E-state index contributed by atoms with van der Waals surface area (Å²) in [5.41, 5.74) is 0.379. The average molecular weight is 400 g/mol. The first-order valence-electron chi connectivity index (χ1n) is 8.89. The van der Waals surface area contributed by atoms with Gasteiger partial charge in [0, 0.05) is 45.3 Å². The summed E-state index contributed by atoms with van der Waals surface area (Å²) in [4.78, 5) is 27.6. The molecule has 2 rings (SSSR count). The lowest BCUT2D eigenvalue weighted by atomic mass is 10.2. The normalized spacial score (nSPS) is 12.0. The maximum atomic E-state index is 13.0. The van der Waals surface area contributed by atoms with Crippen LogP contribution in [0.5, 0.6) is 0 Å². The third-order valence-electron chi connectivity index (χ3n) is 4.50. The standard InChI is InChI=1S/C18H29N3O5S/c1-11(2)21-16(22)15-12(3)13(9-19-10-14(25-5)26-6)27-17(15)20(18(21)23)7-8-24-4/h11,14,19H,7-10H2,1-6H3. The molecule has 0 saturated heterocycles. The van der Waals surface area contributed by atoms with Crippen molar-refractivity contribution in [3.8, 4) is 0 Å². The Labute approximate surface area is 162 Å². The number of rotatable bonds is 10. The predicted molar refractivity (Wildman–Crippen MR) is 107 cm³/mol. The molecule has 0 atom stereocenters. The van der Waals surface area contributed by atoms with E-state index in [9.17, 15) is 9.59 Å². The van der Waals surface area contributed by atoms with Crippen LogP contribution in [0.25, 0.3) is 10.2 Å². The average Bonchev–Trinajstić information content (AvgIpc) is 2.95. The highest BCUT2D eigenvalue weighted by Gasteiger charge is 2.21. The van der Waals surface area contributed by atoms with E-state index in [1.165, 1.54) is 15.9 Å². The summed E-state index contributed by atoms with van der Waals surface area (Å²) in [5.74, 6) is 0. The number of methoxy groups -OCH3 is 3. The van der Waals surface area contributed by atoms with Crippen molar-refractivity contribution in [2.45, 2.75) is 46.2 Å². The molecule has 0 bridgehead atoms. The Morgan fingerprint density at radius 3 is 2.37 bits per heavy atom. The molecule has 1 N–H and O–H groups in total. The molecule has 0 aromatic carbocycles. The summed E-state index contributed by atoms with van der Waals surface area (Å²) in [6, 6.07) is -0.215. The van der Waals surface area contributed by atoms with E-state index in [4.69, 9.17) is 14.2 Å². The molecule has 152 valence electrons. The van der Waals surface area contributed by atoms with Gasteiger partial charge < -0.3 is 19.5 Å². The quantitative estimate of drug-likeness (QED) is 0.609. The molecule has 0 saturated carbocycles. The van der Waals surface area contributed by atoms with Gasteiger partial charge in [-0.2, -0.15) is 0 Å². The Morgan fingerprint density at radius 1 is 1.15 bits per heavy atom. The molecule has 2 aromatic heterocycles. The first kappa shape index (κ1) is 21.8. The fourth-order valence-corrected chi connectivity index (χ4v) is 4.27. The van der Waals surface area contributed by atoms with Gasteiger partial charge in [0.25, 0.3) is 5.56 Å². The second kappa shape index (κ2) is 9.61. The molecule has 2 heterocycles. The van der Waals surface area contributed by atoms with Gasteiger partial charge in [-0.05, 0) is 26.3 Å². The number of thiophene rings is 1. The largest absolute Gasteiger partial charge is 0.383 e. The smallest absolute Gasteiger partial charge is 0.332 e. The van der Waals surface area contributed by atoms with Crippen LogP contribution in [0.15, 0.2) is 9.59 Å². The highest BCUT2D eigenvalue weighted by molar-refractivity contribution is 7.18. The number of hydrogen-bond acceptors (Lipinski definition) is 7. The monoisotopic (exact) mass is 399 g/mol. The van der Waals surface area contributed by atoms with Crippen LogP contribution in [0.4, 0.5) is 0 Å². The second-order valence-corrected chi connectivity index (χ2v) is 7.64. The van der Waals surface area contributed by atoms with E-state index in [0.717, 1.165) is 10.4 Å². The van der Waals surface area contributed by atoms with Crippen LogP contribution in [0.1, 0.15) is 30.3 Å². The maximum Gasteiger partial charge on any atom is 0.332 e. The van der Waals surface area contributed by atoms with Crippen molar-refractivity contribution in [1.29, 1.82) is 0 Å². The minimum Gasteiger partial charge on any atom is -0.383 e. The van der Waals surface area contributed by atoms with Crippen molar-refractivity contribution >= 4 is 21.6 Å². The van der Waals surface area contributed by atoms with E-state index in [-0.39, 0.29) is 23.6 Å². The highest BCUT2D eigenvalue weighted by Crippen LogP contribution is 2.28. The third kappa shape index (κ3) is 4.49. The molecule has 0 fully saturated rings. The number of nitrogens with zero attached hydrogens (tertiary/aromatic N) is 2. The van der Waals surface area contributed by atoms with Gasteiger partial charge >= 0.3 is 5.69 Å². The topological polar surface area (TPSA) is 83.7 Å². The molecule has 27 heavy (non-hydrogen) atoms. The van der Waals surface area contributed by atoms with E-state index in [1.807, 2.05) is 20.8 Å². The summed E-state index contributed by atoms with van der Waals surface area (Å²) >= 11 is 1.47. The molecule has 2 aromatic rings.